The molecule has 3 atom stereocenters. The number of carbonyl (C=O) groups excluding carboxylic acids is 1. The first-order valence-corrected chi connectivity index (χ1v) is 7.71. The lowest BCUT2D eigenvalue weighted by Gasteiger charge is -2.17. The molecule has 0 aromatic rings. The fourth-order valence-electron chi connectivity index (χ4n) is 3.26. The van der Waals surface area contributed by atoms with Crippen LogP contribution < -0.4 is 0 Å². The first kappa shape index (κ1) is 15.1. The predicted molar refractivity (Wildman–Crippen MR) is 75.1 cm³/mol. The molecule has 0 radical (unpaired) electrons. The van der Waals surface area contributed by atoms with E-state index in [1.54, 1.807) is 0 Å². The lowest BCUT2D eigenvalue weighted by atomic mass is 9.95. The van der Waals surface area contributed by atoms with Gasteiger partial charge in [0.15, 0.2) is 0 Å². The summed E-state index contributed by atoms with van der Waals surface area (Å²) >= 11 is 0. The Balaban J connectivity index is 1.47. The zero-order valence-corrected chi connectivity index (χ0v) is 11.9. The Morgan fingerprint density at radius 2 is 1.80 bits per heavy atom. The molecule has 4 heteroatoms. The number of carboxylic acid groups (broad SMARTS) is 1. The van der Waals surface area contributed by atoms with E-state index in [0.29, 0.717) is 31.3 Å². The van der Waals surface area contributed by atoms with Gasteiger partial charge in [0, 0.05) is 12.8 Å². The van der Waals surface area contributed by atoms with Crippen molar-refractivity contribution >= 4 is 11.9 Å². The van der Waals surface area contributed by atoms with Crippen LogP contribution in [0.15, 0.2) is 12.2 Å². The second-order valence-electron chi connectivity index (χ2n) is 6.03. The van der Waals surface area contributed by atoms with Crippen molar-refractivity contribution in [1.82, 2.24) is 0 Å². The van der Waals surface area contributed by atoms with Crippen LogP contribution in [-0.2, 0) is 14.3 Å². The van der Waals surface area contributed by atoms with Crippen molar-refractivity contribution < 1.29 is 19.4 Å². The third-order valence-electron chi connectivity index (χ3n) is 4.40. The third-order valence-corrected chi connectivity index (χ3v) is 4.40. The molecule has 0 aromatic heterocycles. The second-order valence-corrected chi connectivity index (χ2v) is 6.03. The van der Waals surface area contributed by atoms with Crippen LogP contribution in [0.25, 0.3) is 0 Å². The van der Waals surface area contributed by atoms with Gasteiger partial charge in [-0.25, -0.2) is 0 Å². The van der Waals surface area contributed by atoms with Crippen LogP contribution in [0.5, 0.6) is 0 Å². The van der Waals surface area contributed by atoms with Gasteiger partial charge >= 0.3 is 11.9 Å². The molecule has 1 N–H and O–H groups in total. The average molecular weight is 280 g/mol. The van der Waals surface area contributed by atoms with Gasteiger partial charge in [-0.15, -0.1) is 0 Å². The quantitative estimate of drug-likeness (QED) is 0.400. The molecule has 0 heterocycles. The minimum absolute atomic E-state index is 0.102. The van der Waals surface area contributed by atoms with Crippen molar-refractivity contribution in [3.8, 4) is 0 Å². The highest BCUT2D eigenvalue weighted by Gasteiger charge is 2.36. The van der Waals surface area contributed by atoms with E-state index in [1.807, 2.05) is 0 Å². The van der Waals surface area contributed by atoms with Gasteiger partial charge in [-0.3, -0.25) is 9.59 Å². The number of ether oxygens (including phenoxy) is 1. The molecule has 0 aliphatic heterocycles. The zero-order chi connectivity index (χ0) is 14.4. The molecule has 112 valence electrons. The van der Waals surface area contributed by atoms with E-state index in [-0.39, 0.29) is 12.4 Å². The number of hydrogen-bond acceptors (Lipinski definition) is 3. The minimum Gasteiger partial charge on any atom is -0.481 e. The van der Waals surface area contributed by atoms with Gasteiger partial charge in [0.2, 0.25) is 0 Å². The molecule has 3 unspecified atom stereocenters. The molecule has 0 saturated heterocycles. The smallest absolute Gasteiger partial charge is 0.305 e. The molecule has 1 fully saturated rings. The number of carbonyl (C=O) groups is 2. The van der Waals surface area contributed by atoms with Gasteiger partial charge in [-0.2, -0.15) is 0 Å². The monoisotopic (exact) mass is 280 g/mol. The highest BCUT2D eigenvalue weighted by Crippen LogP contribution is 2.43. The van der Waals surface area contributed by atoms with Gasteiger partial charge in [0.25, 0.3) is 0 Å². The normalized spacial score (nSPS) is 26.9. The molecule has 2 aliphatic rings. The summed E-state index contributed by atoms with van der Waals surface area (Å²) in [5.41, 5.74) is 0. The average Bonchev–Trinajstić information content (AvgIpc) is 3.02. The Bertz CT molecular complexity index is 375. The Morgan fingerprint density at radius 3 is 2.40 bits per heavy atom. The highest BCUT2D eigenvalue weighted by atomic mass is 16.5. The van der Waals surface area contributed by atoms with Crippen molar-refractivity contribution in [3.05, 3.63) is 12.2 Å². The molecule has 2 rings (SSSR count). The fraction of sp³-hybridized carbons (Fsp3) is 0.750. The highest BCUT2D eigenvalue weighted by molar-refractivity contribution is 5.69. The summed E-state index contributed by atoms with van der Waals surface area (Å²) in [6.07, 6.45) is 10.9. The molecule has 0 amide bonds. The molecular formula is C16H24O4. The molecule has 2 bridgehead atoms. The molecule has 0 aromatic carbocycles. The summed E-state index contributed by atoms with van der Waals surface area (Å²) in [5, 5.41) is 8.50. The van der Waals surface area contributed by atoms with E-state index in [0.717, 1.165) is 25.2 Å². The second kappa shape index (κ2) is 7.46. The van der Waals surface area contributed by atoms with Crippen LogP contribution in [-0.4, -0.2) is 23.7 Å². The zero-order valence-electron chi connectivity index (χ0n) is 11.9. The van der Waals surface area contributed by atoms with Crippen molar-refractivity contribution in [3.63, 3.8) is 0 Å². The summed E-state index contributed by atoms with van der Waals surface area (Å²) in [6.45, 7) is 0.573. The van der Waals surface area contributed by atoms with Crippen LogP contribution in [0.3, 0.4) is 0 Å². The summed E-state index contributed by atoms with van der Waals surface area (Å²) < 4.78 is 5.36. The number of rotatable bonds is 9. The van der Waals surface area contributed by atoms with Gasteiger partial charge in [-0.05, 0) is 43.4 Å². The molecule has 1 saturated carbocycles. The number of unbranched alkanes of at least 4 members (excludes halogenated alkanes) is 3. The Labute approximate surface area is 120 Å². The van der Waals surface area contributed by atoms with Crippen LogP contribution in [0.4, 0.5) is 0 Å². The standard InChI is InChI=1S/C16H24O4/c17-15(18)5-3-1-2-4-6-16(19)20-11-14-10-12-7-8-13(14)9-12/h7-8,12-14H,1-6,9-11H2,(H,17,18). The molecule has 2 aliphatic carbocycles. The van der Waals surface area contributed by atoms with Crippen LogP contribution >= 0.6 is 0 Å². The van der Waals surface area contributed by atoms with Gasteiger partial charge in [0.1, 0.15) is 0 Å². The van der Waals surface area contributed by atoms with Gasteiger partial charge < -0.3 is 9.84 Å². The van der Waals surface area contributed by atoms with E-state index in [2.05, 4.69) is 12.2 Å². The van der Waals surface area contributed by atoms with Crippen LogP contribution in [0.1, 0.15) is 51.4 Å². The van der Waals surface area contributed by atoms with Crippen molar-refractivity contribution in [2.45, 2.75) is 51.4 Å². The maximum Gasteiger partial charge on any atom is 0.305 e. The van der Waals surface area contributed by atoms with E-state index < -0.39 is 5.97 Å². The number of fused-ring (bicyclic) bond motifs is 2. The Kier molecular flexibility index (Phi) is 5.62. The first-order chi connectivity index (χ1) is 9.65. The summed E-state index contributed by atoms with van der Waals surface area (Å²) in [7, 11) is 0. The number of esters is 1. The third kappa shape index (κ3) is 4.66. The molecular weight excluding hydrogens is 256 g/mol. The van der Waals surface area contributed by atoms with Crippen molar-refractivity contribution in [2.24, 2.45) is 17.8 Å². The van der Waals surface area contributed by atoms with Crippen molar-refractivity contribution in [1.29, 1.82) is 0 Å². The Hall–Kier alpha value is -1.32. The SMILES string of the molecule is O=C(O)CCCCCCC(=O)OCC1CC2C=CC1C2. The maximum atomic E-state index is 11.6. The number of allylic oxidation sites excluding steroid dienone is 2. The van der Waals surface area contributed by atoms with Crippen LogP contribution in [0.2, 0.25) is 0 Å². The fourth-order valence-corrected chi connectivity index (χ4v) is 3.26. The largest absolute Gasteiger partial charge is 0.481 e. The van der Waals surface area contributed by atoms with E-state index in [4.69, 9.17) is 9.84 Å². The van der Waals surface area contributed by atoms with E-state index in [9.17, 15) is 9.59 Å². The van der Waals surface area contributed by atoms with Crippen LogP contribution in [0, 0.1) is 17.8 Å². The topological polar surface area (TPSA) is 63.6 Å². The van der Waals surface area contributed by atoms with E-state index in [1.165, 1.54) is 12.8 Å². The van der Waals surface area contributed by atoms with E-state index >= 15 is 0 Å². The molecule has 20 heavy (non-hydrogen) atoms. The predicted octanol–water partition coefficient (Wildman–Crippen LogP) is 3.17. The first-order valence-electron chi connectivity index (χ1n) is 7.71. The van der Waals surface area contributed by atoms with Crippen molar-refractivity contribution in [2.75, 3.05) is 6.61 Å². The number of aliphatic carboxylic acids is 1. The minimum atomic E-state index is -0.746. The lowest BCUT2D eigenvalue weighted by molar-refractivity contribution is -0.145. The summed E-state index contributed by atoms with van der Waals surface area (Å²) in [5.74, 6) is 1.03. The van der Waals surface area contributed by atoms with Gasteiger partial charge in [0.05, 0.1) is 6.61 Å². The summed E-state index contributed by atoms with van der Waals surface area (Å²) in [6, 6.07) is 0. The number of carboxylic acids is 1. The molecule has 4 nitrogen and oxygen atoms in total. The Morgan fingerprint density at radius 1 is 1.05 bits per heavy atom. The maximum absolute atomic E-state index is 11.6. The number of hydrogen-bond donors (Lipinski definition) is 1. The lowest BCUT2D eigenvalue weighted by Crippen LogP contribution is -2.17. The molecule has 0 spiro atoms. The van der Waals surface area contributed by atoms with Gasteiger partial charge in [-0.1, -0.05) is 25.0 Å². The summed E-state index contributed by atoms with van der Waals surface area (Å²) in [4.78, 5) is 21.9.